The zero-order valence-corrected chi connectivity index (χ0v) is 12.4. The summed E-state index contributed by atoms with van der Waals surface area (Å²) < 4.78 is 26.3. The fourth-order valence-electron chi connectivity index (χ4n) is 1.37. The highest BCUT2D eigenvalue weighted by Crippen LogP contribution is 2.36. The fourth-order valence-corrected chi connectivity index (χ4v) is 3.88. The van der Waals surface area contributed by atoms with Crippen molar-refractivity contribution in [1.82, 2.24) is 4.72 Å². The number of nitrogens with zero attached hydrogens (tertiary/aromatic N) is 1. The van der Waals surface area contributed by atoms with Crippen molar-refractivity contribution in [1.29, 1.82) is 0 Å². The molecule has 0 spiro atoms. The molecule has 0 saturated carbocycles. The van der Waals surface area contributed by atoms with Gasteiger partial charge in [-0.2, -0.15) is 0 Å². The van der Waals surface area contributed by atoms with Gasteiger partial charge in [0.25, 0.3) is 0 Å². The van der Waals surface area contributed by atoms with E-state index in [9.17, 15) is 18.5 Å². The molecule has 0 aromatic carbocycles. The van der Waals surface area contributed by atoms with Crippen LogP contribution < -0.4 is 10.0 Å². The molecular formula is C10H17N3O4S2. The SMILES string of the molecule is CCCCNS(=O)(=O)c1cc([N+](=O)[O-])c(NCC)s1. The molecule has 0 radical (unpaired) electrons. The number of nitro groups is 1. The molecule has 108 valence electrons. The molecule has 0 fully saturated rings. The molecule has 1 aromatic rings. The summed E-state index contributed by atoms with van der Waals surface area (Å²) in [6, 6.07) is 1.09. The zero-order chi connectivity index (χ0) is 14.5. The molecule has 2 N–H and O–H groups in total. The van der Waals surface area contributed by atoms with E-state index in [-0.39, 0.29) is 14.9 Å². The van der Waals surface area contributed by atoms with Gasteiger partial charge in [0.2, 0.25) is 10.0 Å². The Labute approximate surface area is 116 Å². The van der Waals surface area contributed by atoms with Crippen molar-refractivity contribution < 1.29 is 13.3 Å². The molecule has 7 nitrogen and oxygen atoms in total. The van der Waals surface area contributed by atoms with Crippen LogP contribution in [0.3, 0.4) is 0 Å². The smallest absolute Gasteiger partial charge is 0.304 e. The van der Waals surface area contributed by atoms with E-state index in [1.165, 1.54) is 0 Å². The Morgan fingerprint density at radius 1 is 1.42 bits per heavy atom. The number of hydrogen-bond donors (Lipinski definition) is 2. The Hall–Kier alpha value is -1.19. The summed E-state index contributed by atoms with van der Waals surface area (Å²) in [5.41, 5.74) is -0.206. The van der Waals surface area contributed by atoms with E-state index in [4.69, 9.17) is 0 Å². The van der Waals surface area contributed by atoms with Gasteiger partial charge in [0, 0.05) is 19.2 Å². The van der Waals surface area contributed by atoms with Gasteiger partial charge in [-0.15, -0.1) is 0 Å². The highest BCUT2D eigenvalue weighted by molar-refractivity contribution is 7.91. The van der Waals surface area contributed by atoms with Gasteiger partial charge < -0.3 is 5.32 Å². The minimum Gasteiger partial charge on any atom is -0.372 e. The quantitative estimate of drug-likeness (QED) is 0.435. The summed E-state index contributed by atoms with van der Waals surface area (Å²) in [4.78, 5) is 10.3. The molecule has 1 aromatic heterocycles. The summed E-state index contributed by atoms with van der Waals surface area (Å²) in [7, 11) is -3.66. The van der Waals surface area contributed by atoms with E-state index >= 15 is 0 Å². The third kappa shape index (κ3) is 4.15. The third-order valence-corrected chi connectivity index (χ3v) is 5.33. The lowest BCUT2D eigenvalue weighted by atomic mass is 10.3. The highest BCUT2D eigenvalue weighted by atomic mass is 32.2. The molecule has 0 bridgehead atoms. The second kappa shape index (κ2) is 6.83. The topological polar surface area (TPSA) is 101 Å². The van der Waals surface area contributed by atoms with Crippen molar-refractivity contribution in [3.8, 4) is 0 Å². The maximum absolute atomic E-state index is 11.9. The Morgan fingerprint density at radius 3 is 2.63 bits per heavy atom. The van der Waals surface area contributed by atoms with Crippen molar-refractivity contribution in [3.63, 3.8) is 0 Å². The standard InChI is InChI=1S/C10H17N3O4S2/c1-3-5-6-12-19(16,17)9-7-8(13(14)15)10(18-9)11-4-2/h7,11-12H,3-6H2,1-2H3. The van der Waals surface area contributed by atoms with Gasteiger partial charge >= 0.3 is 5.69 Å². The molecule has 0 saturated heterocycles. The molecule has 0 atom stereocenters. The summed E-state index contributed by atoms with van der Waals surface area (Å²) >= 11 is 0.874. The lowest BCUT2D eigenvalue weighted by molar-refractivity contribution is -0.383. The number of hydrogen-bond acceptors (Lipinski definition) is 6. The molecule has 0 aliphatic rings. The molecule has 0 amide bonds. The molecule has 1 rings (SSSR count). The Morgan fingerprint density at radius 2 is 2.11 bits per heavy atom. The van der Waals surface area contributed by atoms with Gasteiger partial charge in [-0.05, 0) is 13.3 Å². The minimum atomic E-state index is -3.66. The van der Waals surface area contributed by atoms with Crippen LogP contribution in [-0.2, 0) is 10.0 Å². The van der Waals surface area contributed by atoms with E-state index in [2.05, 4.69) is 10.0 Å². The second-order valence-electron chi connectivity index (χ2n) is 3.82. The van der Waals surface area contributed by atoms with Crippen LogP contribution in [0.1, 0.15) is 26.7 Å². The Bertz CT molecular complexity index is 539. The molecule has 1 heterocycles. The number of thiophene rings is 1. The van der Waals surface area contributed by atoms with Crippen LogP contribution >= 0.6 is 11.3 Å². The lowest BCUT2D eigenvalue weighted by Crippen LogP contribution is -2.23. The van der Waals surface area contributed by atoms with Crippen LogP contribution in [0.15, 0.2) is 10.3 Å². The van der Waals surface area contributed by atoms with E-state index in [1.807, 2.05) is 6.92 Å². The summed E-state index contributed by atoms with van der Waals surface area (Å²) in [6.45, 7) is 4.57. The third-order valence-electron chi connectivity index (χ3n) is 2.31. The highest BCUT2D eigenvalue weighted by Gasteiger charge is 2.25. The fraction of sp³-hybridized carbons (Fsp3) is 0.600. The van der Waals surface area contributed by atoms with E-state index < -0.39 is 14.9 Å². The van der Waals surface area contributed by atoms with E-state index in [0.717, 1.165) is 30.2 Å². The molecule has 0 aliphatic carbocycles. The molecule has 0 unspecified atom stereocenters. The first kappa shape index (κ1) is 15.9. The Kier molecular flexibility index (Phi) is 5.70. The first-order chi connectivity index (χ1) is 8.92. The maximum atomic E-state index is 11.9. The number of unbranched alkanes of at least 4 members (excludes halogenated alkanes) is 1. The number of sulfonamides is 1. The van der Waals surface area contributed by atoms with Crippen LogP contribution in [0, 0.1) is 10.1 Å². The van der Waals surface area contributed by atoms with Crippen molar-refractivity contribution in [2.45, 2.75) is 30.9 Å². The number of rotatable bonds is 8. The number of nitrogens with one attached hydrogen (secondary N) is 2. The van der Waals surface area contributed by atoms with Crippen LogP contribution in [-0.4, -0.2) is 26.4 Å². The lowest BCUT2D eigenvalue weighted by Gasteiger charge is -2.02. The van der Waals surface area contributed by atoms with E-state index in [0.29, 0.717) is 13.1 Å². The predicted molar refractivity (Wildman–Crippen MR) is 75.2 cm³/mol. The first-order valence-electron chi connectivity index (χ1n) is 5.94. The average Bonchev–Trinajstić information content (AvgIpc) is 2.74. The first-order valence-corrected chi connectivity index (χ1v) is 8.24. The van der Waals surface area contributed by atoms with Gasteiger partial charge in [0.15, 0.2) is 5.00 Å². The molecule has 19 heavy (non-hydrogen) atoms. The van der Waals surface area contributed by atoms with Gasteiger partial charge in [0.05, 0.1) is 4.92 Å². The molecular weight excluding hydrogens is 290 g/mol. The van der Waals surface area contributed by atoms with Gasteiger partial charge in [0.1, 0.15) is 4.21 Å². The monoisotopic (exact) mass is 307 g/mol. The van der Waals surface area contributed by atoms with Crippen molar-refractivity contribution in [2.75, 3.05) is 18.4 Å². The van der Waals surface area contributed by atoms with E-state index in [1.54, 1.807) is 6.92 Å². The van der Waals surface area contributed by atoms with Crippen molar-refractivity contribution in [2.24, 2.45) is 0 Å². The maximum Gasteiger partial charge on any atom is 0.304 e. The van der Waals surface area contributed by atoms with Crippen molar-refractivity contribution in [3.05, 3.63) is 16.2 Å². The summed E-state index contributed by atoms with van der Waals surface area (Å²) in [5.74, 6) is 0. The normalized spacial score (nSPS) is 11.5. The number of anilines is 1. The van der Waals surface area contributed by atoms with Gasteiger partial charge in [-0.3, -0.25) is 10.1 Å². The average molecular weight is 307 g/mol. The van der Waals surface area contributed by atoms with Crippen LogP contribution in [0.4, 0.5) is 10.7 Å². The van der Waals surface area contributed by atoms with Gasteiger partial charge in [-0.25, -0.2) is 13.1 Å². The van der Waals surface area contributed by atoms with Gasteiger partial charge in [-0.1, -0.05) is 24.7 Å². The molecule has 9 heteroatoms. The predicted octanol–water partition coefficient (Wildman–Crippen LogP) is 2.17. The van der Waals surface area contributed by atoms with Crippen LogP contribution in [0.2, 0.25) is 0 Å². The molecule has 0 aliphatic heterocycles. The van der Waals surface area contributed by atoms with Crippen molar-refractivity contribution >= 4 is 32.0 Å². The van der Waals surface area contributed by atoms with Crippen LogP contribution in [0.25, 0.3) is 0 Å². The van der Waals surface area contributed by atoms with Crippen LogP contribution in [0.5, 0.6) is 0 Å². The minimum absolute atomic E-state index is 0.0359. The zero-order valence-electron chi connectivity index (χ0n) is 10.8. The largest absolute Gasteiger partial charge is 0.372 e. The Balaban J connectivity index is 3.00. The summed E-state index contributed by atoms with van der Waals surface area (Å²) in [5, 5.41) is 13.9. The second-order valence-corrected chi connectivity index (χ2v) is 6.86. The summed E-state index contributed by atoms with van der Waals surface area (Å²) in [6.07, 6.45) is 1.60.